The van der Waals surface area contributed by atoms with Crippen LogP contribution in [0.4, 0.5) is 5.82 Å². The van der Waals surface area contributed by atoms with E-state index in [1.807, 2.05) is 45.2 Å². The summed E-state index contributed by atoms with van der Waals surface area (Å²) in [6, 6.07) is 7.82. The number of nitrogens with one attached hydrogen (secondary N) is 2. The van der Waals surface area contributed by atoms with Gasteiger partial charge in [-0.1, -0.05) is 37.6 Å². The van der Waals surface area contributed by atoms with Gasteiger partial charge in [0, 0.05) is 24.2 Å². The molecule has 0 saturated heterocycles. The van der Waals surface area contributed by atoms with Gasteiger partial charge >= 0.3 is 0 Å². The van der Waals surface area contributed by atoms with E-state index in [1.54, 1.807) is 6.20 Å². The highest BCUT2D eigenvalue weighted by atomic mass is 16.1. The molecule has 0 aliphatic carbocycles. The number of hydrogen-bond acceptors (Lipinski definition) is 3. The van der Waals surface area contributed by atoms with Gasteiger partial charge in [0.05, 0.1) is 5.56 Å². The molecule has 2 N–H and O–H groups in total. The van der Waals surface area contributed by atoms with Gasteiger partial charge in [-0.05, 0) is 25.7 Å². The summed E-state index contributed by atoms with van der Waals surface area (Å²) in [6.07, 6.45) is 3.62. The lowest BCUT2D eigenvalue weighted by molar-refractivity contribution is 0.0910. The van der Waals surface area contributed by atoms with Gasteiger partial charge in [-0.15, -0.1) is 0 Å². The van der Waals surface area contributed by atoms with Crippen LogP contribution in [0.1, 0.15) is 44.0 Å². The second-order valence-corrected chi connectivity index (χ2v) is 5.90. The first-order chi connectivity index (χ1) is 9.98. The summed E-state index contributed by atoms with van der Waals surface area (Å²) in [6.45, 7) is 6.21. The zero-order valence-electron chi connectivity index (χ0n) is 13.2. The number of fused-ring (bicyclic) bond motifs is 1. The number of pyridine rings is 1. The van der Waals surface area contributed by atoms with E-state index in [-0.39, 0.29) is 11.4 Å². The monoisotopic (exact) mass is 285 g/mol. The minimum atomic E-state index is -0.214. The van der Waals surface area contributed by atoms with E-state index in [0.717, 1.165) is 29.4 Å². The minimum Gasteiger partial charge on any atom is -0.373 e. The van der Waals surface area contributed by atoms with E-state index >= 15 is 0 Å². The van der Waals surface area contributed by atoms with Crippen molar-refractivity contribution in [2.45, 2.75) is 39.2 Å². The topological polar surface area (TPSA) is 54.0 Å². The molecule has 0 saturated carbocycles. The Hall–Kier alpha value is -2.10. The molecule has 21 heavy (non-hydrogen) atoms. The van der Waals surface area contributed by atoms with Crippen molar-refractivity contribution < 1.29 is 4.79 Å². The van der Waals surface area contributed by atoms with Crippen LogP contribution in [0.5, 0.6) is 0 Å². The summed E-state index contributed by atoms with van der Waals surface area (Å²) in [5, 5.41) is 8.04. The third-order valence-corrected chi connectivity index (χ3v) is 3.60. The highest BCUT2D eigenvalue weighted by Crippen LogP contribution is 2.24. The second kappa shape index (κ2) is 6.12. The molecule has 2 aromatic rings. The van der Waals surface area contributed by atoms with Crippen molar-refractivity contribution in [1.82, 2.24) is 10.3 Å². The van der Waals surface area contributed by atoms with Crippen LogP contribution < -0.4 is 10.6 Å². The van der Waals surface area contributed by atoms with Crippen LogP contribution in [0, 0.1) is 0 Å². The van der Waals surface area contributed by atoms with Gasteiger partial charge in [0.15, 0.2) is 0 Å². The van der Waals surface area contributed by atoms with E-state index in [4.69, 9.17) is 0 Å². The summed E-state index contributed by atoms with van der Waals surface area (Å²) in [5.74, 6) is 0.717. The van der Waals surface area contributed by atoms with Gasteiger partial charge in [0.25, 0.3) is 5.91 Å². The average Bonchev–Trinajstić information content (AvgIpc) is 2.45. The van der Waals surface area contributed by atoms with E-state index < -0.39 is 0 Å². The molecule has 0 fully saturated rings. The first-order valence-electron chi connectivity index (χ1n) is 7.36. The van der Waals surface area contributed by atoms with Crippen molar-refractivity contribution in [1.29, 1.82) is 0 Å². The largest absolute Gasteiger partial charge is 0.373 e. The van der Waals surface area contributed by atoms with Gasteiger partial charge in [-0.3, -0.25) is 4.79 Å². The Morgan fingerprint density at radius 3 is 2.52 bits per heavy atom. The number of hydrogen-bond donors (Lipinski definition) is 2. The zero-order chi connectivity index (χ0) is 15.5. The Morgan fingerprint density at radius 2 is 1.90 bits per heavy atom. The van der Waals surface area contributed by atoms with Crippen LogP contribution in [-0.4, -0.2) is 23.5 Å². The molecule has 2 rings (SSSR count). The molecule has 4 heteroatoms. The summed E-state index contributed by atoms with van der Waals surface area (Å²) >= 11 is 0. The van der Waals surface area contributed by atoms with E-state index in [0.29, 0.717) is 5.56 Å². The number of carbonyl (C=O) groups is 1. The number of carbonyl (C=O) groups excluding carboxylic acids is 1. The number of anilines is 1. The summed E-state index contributed by atoms with van der Waals surface area (Å²) < 4.78 is 0. The Labute approximate surface area is 126 Å². The summed E-state index contributed by atoms with van der Waals surface area (Å²) in [5.41, 5.74) is 0.406. The number of rotatable bonds is 5. The molecule has 0 atom stereocenters. The molecule has 0 spiro atoms. The normalized spacial score (nSPS) is 11.4. The standard InChI is InChI=1S/C17H23N3O/c1-5-10-17(2,3)20-16(21)14-11-19-15(18-4)13-9-7-6-8-12(13)14/h6-9,11H,5,10H2,1-4H3,(H,18,19)(H,20,21). The van der Waals surface area contributed by atoms with Crippen LogP contribution in [0.15, 0.2) is 30.5 Å². The van der Waals surface area contributed by atoms with Gasteiger partial charge in [0.1, 0.15) is 5.82 Å². The quantitative estimate of drug-likeness (QED) is 0.882. The van der Waals surface area contributed by atoms with Crippen LogP contribution in [0.25, 0.3) is 10.8 Å². The molecule has 1 heterocycles. The lowest BCUT2D eigenvalue weighted by atomic mass is 9.97. The van der Waals surface area contributed by atoms with Crippen molar-refractivity contribution in [3.63, 3.8) is 0 Å². The zero-order valence-corrected chi connectivity index (χ0v) is 13.2. The summed E-state index contributed by atoms with van der Waals surface area (Å²) in [4.78, 5) is 16.9. The molecule has 112 valence electrons. The summed E-state index contributed by atoms with van der Waals surface area (Å²) in [7, 11) is 1.83. The predicted molar refractivity (Wildman–Crippen MR) is 87.7 cm³/mol. The third kappa shape index (κ3) is 3.32. The van der Waals surface area contributed by atoms with E-state index in [2.05, 4.69) is 22.5 Å². The molecular weight excluding hydrogens is 262 g/mol. The molecule has 0 aliphatic rings. The van der Waals surface area contributed by atoms with Crippen molar-refractivity contribution in [3.8, 4) is 0 Å². The lowest BCUT2D eigenvalue weighted by Crippen LogP contribution is -2.43. The molecule has 0 radical (unpaired) electrons. The Kier molecular flexibility index (Phi) is 4.46. The number of amides is 1. The smallest absolute Gasteiger partial charge is 0.253 e. The molecule has 0 aliphatic heterocycles. The van der Waals surface area contributed by atoms with Crippen LogP contribution >= 0.6 is 0 Å². The lowest BCUT2D eigenvalue weighted by Gasteiger charge is -2.26. The molecule has 1 amide bonds. The van der Waals surface area contributed by atoms with Crippen molar-refractivity contribution in [2.24, 2.45) is 0 Å². The fraction of sp³-hybridized carbons (Fsp3) is 0.412. The number of benzene rings is 1. The van der Waals surface area contributed by atoms with Gasteiger partial charge in [-0.2, -0.15) is 0 Å². The van der Waals surface area contributed by atoms with Crippen molar-refractivity contribution in [3.05, 3.63) is 36.0 Å². The molecule has 0 bridgehead atoms. The maximum atomic E-state index is 12.6. The minimum absolute atomic E-state index is 0.0696. The van der Waals surface area contributed by atoms with Gasteiger partial charge < -0.3 is 10.6 Å². The van der Waals surface area contributed by atoms with Crippen LogP contribution in [0.2, 0.25) is 0 Å². The SMILES string of the molecule is CCCC(C)(C)NC(=O)c1cnc(NC)c2ccccc12. The third-order valence-electron chi connectivity index (χ3n) is 3.60. The molecule has 0 unspecified atom stereocenters. The molecule has 1 aromatic carbocycles. The van der Waals surface area contributed by atoms with Crippen molar-refractivity contribution in [2.75, 3.05) is 12.4 Å². The molecule has 4 nitrogen and oxygen atoms in total. The Bertz CT molecular complexity index is 650. The highest BCUT2D eigenvalue weighted by molar-refractivity contribution is 6.09. The number of nitrogens with zero attached hydrogens (tertiary/aromatic N) is 1. The Balaban J connectivity index is 2.41. The van der Waals surface area contributed by atoms with Crippen LogP contribution in [0.3, 0.4) is 0 Å². The average molecular weight is 285 g/mol. The fourth-order valence-electron chi connectivity index (χ4n) is 2.63. The first kappa shape index (κ1) is 15.3. The predicted octanol–water partition coefficient (Wildman–Crippen LogP) is 3.59. The molecular formula is C17H23N3O. The maximum Gasteiger partial charge on any atom is 0.253 e. The maximum absolute atomic E-state index is 12.6. The number of aromatic nitrogens is 1. The van der Waals surface area contributed by atoms with Crippen molar-refractivity contribution >= 4 is 22.5 Å². The Morgan fingerprint density at radius 1 is 1.24 bits per heavy atom. The fourth-order valence-corrected chi connectivity index (χ4v) is 2.63. The van der Waals surface area contributed by atoms with E-state index in [9.17, 15) is 4.79 Å². The highest BCUT2D eigenvalue weighted by Gasteiger charge is 2.21. The van der Waals surface area contributed by atoms with Crippen LogP contribution in [-0.2, 0) is 0 Å². The molecule has 1 aromatic heterocycles. The second-order valence-electron chi connectivity index (χ2n) is 5.90. The van der Waals surface area contributed by atoms with Gasteiger partial charge in [0.2, 0.25) is 0 Å². The first-order valence-corrected chi connectivity index (χ1v) is 7.36. The van der Waals surface area contributed by atoms with E-state index in [1.165, 1.54) is 0 Å². The van der Waals surface area contributed by atoms with Gasteiger partial charge in [-0.25, -0.2) is 4.98 Å².